The lowest BCUT2D eigenvalue weighted by molar-refractivity contribution is -0.134. The van der Waals surface area contributed by atoms with Gasteiger partial charge in [0.05, 0.1) is 12.7 Å². The van der Waals surface area contributed by atoms with E-state index in [1.807, 2.05) is 0 Å². The Labute approximate surface area is 92.4 Å². The molecule has 1 rings (SSSR count). The van der Waals surface area contributed by atoms with Crippen LogP contribution in [0.4, 0.5) is 0 Å². The molecule has 1 aliphatic carbocycles. The number of aliphatic hydroxyl groups excluding tert-OH is 1. The van der Waals surface area contributed by atoms with Crippen LogP contribution in [0.25, 0.3) is 0 Å². The molecule has 0 amide bonds. The number of rotatable bonds is 4. The van der Waals surface area contributed by atoms with Crippen LogP contribution in [0.3, 0.4) is 0 Å². The molecule has 0 aromatic rings. The minimum atomic E-state index is -1.34. The Bertz CT molecular complexity index is 180. The van der Waals surface area contributed by atoms with Crippen LogP contribution in [0.15, 0.2) is 0 Å². The van der Waals surface area contributed by atoms with Crippen molar-refractivity contribution in [3.05, 3.63) is 0 Å². The molecule has 0 saturated heterocycles. The minimum Gasteiger partial charge on any atom is -0.373 e. The molecular formula is C12H24O3. The van der Waals surface area contributed by atoms with Crippen molar-refractivity contribution >= 4 is 0 Å². The van der Waals surface area contributed by atoms with Gasteiger partial charge in [0.25, 0.3) is 0 Å². The van der Waals surface area contributed by atoms with Gasteiger partial charge >= 0.3 is 0 Å². The van der Waals surface area contributed by atoms with Crippen molar-refractivity contribution in [1.82, 2.24) is 0 Å². The van der Waals surface area contributed by atoms with Crippen molar-refractivity contribution in [2.24, 2.45) is 17.8 Å². The number of hydrogen-bond donors (Lipinski definition) is 2. The van der Waals surface area contributed by atoms with Gasteiger partial charge in [-0.05, 0) is 30.6 Å². The lowest BCUT2D eigenvalue weighted by Gasteiger charge is -2.37. The van der Waals surface area contributed by atoms with Gasteiger partial charge in [0.2, 0.25) is 0 Å². The molecule has 0 radical (unpaired) electrons. The highest BCUT2D eigenvalue weighted by Gasteiger charge is 2.31. The summed E-state index contributed by atoms with van der Waals surface area (Å²) in [6, 6.07) is 0. The zero-order valence-corrected chi connectivity index (χ0v) is 10.0. The van der Waals surface area contributed by atoms with Crippen LogP contribution >= 0.6 is 0 Å². The van der Waals surface area contributed by atoms with Crippen LogP contribution in [-0.4, -0.2) is 29.2 Å². The molecule has 0 aliphatic heterocycles. The maximum atomic E-state index is 8.80. The summed E-state index contributed by atoms with van der Waals surface area (Å²) >= 11 is 0. The third-order valence-electron chi connectivity index (χ3n) is 3.42. The van der Waals surface area contributed by atoms with Crippen molar-refractivity contribution in [3.8, 4) is 0 Å². The molecular weight excluding hydrogens is 192 g/mol. The third kappa shape index (κ3) is 4.09. The van der Waals surface area contributed by atoms with E-state index < -0.39 is 6.29 Å². The van der Waals surface area contributed by atoms with E-state index in [-0.39, 0.29) is 12.7 Å². The molecule has 0 bridgehead atoms. The van der Waals surface area contributed by atoms with Crippen LogP contribution < -0.4 is 0 Å². The average Bonchev–Trinajstić information content (AvgIpc) is 2.14. The molecule has 2 N–H and O–H groups in total. The maximum absolute atomic E-state index is 8.80. The van der Waals surface area contributed by atoms with Crippen molar-refractivity contribution in [1.29, 1.82) is 0 Å². The molecule has 0 spiro atoms. The Hall–Kier alpha value is -0.120. The van der Waals surface area contributed by atoms with Gasteiger partial charge in [0.15, 0.2) is 6.29 Å². The number of aliphatic hydroxyl groups is 2. The Morgan fingerprint density at radius 2 is 1.93 bits per heavy atom. The Morgan fingerprint density at radius 3 is 2.47 bits per heavy atom. The van der Waals surface area contributed by atoms with E-state index in [9.17, 15) is 0 Å². The van der Waals surface area contributed by atoms with Gasteiger partial charge in [0.1, 0.15) is 0 Å². The summed E-state index contributed by atoms with van der Waals surface area (Å²) in [7, 11) is 0. The summed E-state index contributed by atoms with van der Waals surface area (Å²) < 4.78 is 5.59. The lowest BCUT2D eigenvalue weighted by atomic mass is 9.75. The molecule has 3 nitrogen and oxygen atoms in total. The van der Waals surface area contributed by atoms with Crippen molar-refractivity contribution in [2.45, 2.75) is 52.4 Å². The predicted molar refractivity (Wildman–Crippen MR) is 59.3 cm³/mol. The SMILES string of the molecule is CC1CCC(C(C)C)C(OCC(O)O)C1. The monoisotopic (exact) mass is 216 g/mol. The van der Waals surface area contributed by atoms with Crippen LogP contribution in [0.5, 0.6) is 0 Å². The van der Waals surface area contributed by atoms with Gasteiger partial charge in [-0.25, -0.2) is 0 Å². The first-order valence-corrected chi connectivity index (χ1v) is 5.98. The van der Waals surface area contributed by atoms with E-state index in [0.29, 0.717) is 17.8 Å². The van der Waals surface area contributed by atoms with Crippen molar-refractivity contribution in [2.75, 3.05) is 6.61 Å². The topological polar surface area (TPSA) is 49.7 Å². The van der Waals surface area contributed by atoms with Crippen LogP contribution in [0.1, 0.15) is 40.0 Å². The van der Waals surface area contributed by atoms with E-state index >= 15 is 0 Å². The average molecular weight is 216 g/mol. The highest BCUT2D eigenvalue weighted by molar-refractivity contribution is 4.81. The van der Waals surface area contributed by atoms with E-state index in [2.05, 4.69) is 20.8 Å². The molecule has 3 atom stereocenters. The van der Waals surface area contributed by atoms with E-state index in [4.69, 9.17) is 14.9 Å². The summed E-state index contributed by atoms with van der Waals surface area (Å²) in [6.07, 6.45) is 2.39. The molecule has 1 fully saturated rings. The quantitative estimate of drug-likeness (QED) is 0.704. The first kappa shape index (κ1) is 12.9. The lowest BCUT2D eigenvalue weighted by Crippen LogP contribution is -2.36. The van der Waals surface area contributed by atoms with Crippen LogP contribution in [0, 0.1) is 17.8 Å². The van der Waals surface area contributed by atoms with Gasteiger partial charge in [-0.3, -0.25) is 0 Å². The normalized spacial score (nSPS) is 32.6. The van der Waals surface area contributed by atoms with Crippen molar-refractivity contribution < 1.29 is 14.9 Å². The fraction of sp³-hybridized carbons (Fsp3) is 1.00. The molecule has 3 unspecified atom stereocenters. The van der Waals surface area contributed by atoms with Crippen LogP contribution in [-0.2, 0) is 4.74 Å². The second-order valence-electron chi connectivity index (χ2n) is 5.18. The van der Waals surface area contributed by atoms with E-state index in [1.165, 1.54) is 12.8 Å². The predicted octanol–water partition coefficient (Wildman–Crippen LogP) is 1.77. The van der Waals surface area contributed by atoms with Gasteiger partial charge in [0, 0.05) is 0 Å². The first-order valence-electron chi connectivity index (χ1n) is 5.98. The highest BCUT2D eigenvalue weighted by Crippen LogP contribution is 2.35. The van der Waals surface area contributed by atoms with Gasteiger partial charge in [-0.2, -0.15) is 0 Å². The number of hydrogen-bond acceptors (Lipinski definition) is 3. The Morgan fingerprint density at radius 1 is 1.27 bits per heavy atom. The Balaban J connectivity index is 2.46. The first-order chi connectivity index (χ1) is 7.00. The molecule has 1 aliphatic rings. The second-order valence-corrected chi connectivity index (χ2v) is 5.18. The van der Waals surface area contributed by atoms with E-state index in [0.717, 1.165) is 6.42 Å². The zero-order chi connectivity index (χ0) is 11.4. The smallest absolute Gasteiger partial charge is 0.175 e. The van der Waals surface area contributed by atoms with Gasteiger partial charge < -0.3 is 14.9 Å². The minimum absolute atomic E-state index is 0.0423. The largest absolute Gasteiger partial charge is 0.373 e. The molecule has 15 heavy (non-hydrogen) atoms. The summed E-state index contributed by atoms with van der Waals surface area (Å²) in [5.74, 6) is 1.87. The maximum Gasteiger partial charge on any atom is 0.175 e. The van der Waals surface area contributed by atoms with Gasteiger partial charge in [-0.15, -0.1) is 0 Å². The molecule has 90 valence electrons. The van der Waals surface area contributed by atoms with Gasteiger partial charge in [-0.1, -0.05) is 27.2 Å². The molecule has 1 saturated carbocycles. The zero-order valence-electron chi connectivity index (χ0n) is 10.0. The summed E-state index contributed by atoms with van der Waals surface area (Å²) in [4.78, 5) is 0. The fourth-order valence-electron chi connectivity index (χ4n) is 2.52. The highest BCUT2D eigenvalue weighted by atomic mass is 16.5. The number of ether oxygens (including phenoxy) is 1. The third-order valence-corrected chi connectivity index (χ3v) is 3.42. The molecule has 0 aromatic carbocycles. The summed E-state index contributed by atoms with van der Waals surface area (Å²) in [6.45, 7) is 6.71. The summed E-state index contributed by atoms with van der Waals surface area (Å²) in [5.41, 5.74) is 0. The van der Waals surface area contributed by atoms with Crippen LogP contribution in [0.2, 0.25) is 0 Å². The summed E-state index contributed by atoms with van der Waals surface area (Å²) in [5, 5.41) is 17.6. The second kappa shape index (κ2) is 5.83. The molecule has 3 heteroatoms. The van der Waals surface area contributed by atoms with Crippen molar-refractivity contribution in [3.63, 3.8) is 0 Å². The Kier molecular flexibility index (Phi) is 5.03. The van der Waals surface area contributed by atoms with E-state index in [1.54, 1.807) is 0 Å². The standard InChI is InChI=1S/C12H24O3/c1-8(2)10-5-4-9(3)6-11(10)15-7-12(13)14/h8-14H,4-7H2,1-3H3. The fourth-order valence-corrected chi connectivity index (χ4v) is 2.52. The molecule has 0 heterocycles. The molecule has 0 aromatic heterocycles.